The van der Waals surface area contributed by atoms with Gasteiger partial charge in [0.2, 0.25) is 0 Å². The van der Waals surface area contributed by atoms with E-state index >= 15 is 0 Å². The fourth-order valence-electron chi connectivity index (χ4n) is 2.59. The molecular formula is C9H16O. The molecule has 0 amide bonds. The van der Waals surface area contributed by atoms with Gasteiger partial charge in [0.05, 0.1) is 6.10 Å². The monoisotopic (exact) mass is 140 g/mol. The van der Waals surface area contributed by atoms with E-state index in [2.05, 4.69) is 0 Å². The highest BCUT2D eigenvalue weighted by Gasteiger charge is 2.31. The zero-order chi connectivity index (χ0) is 6.97. The Labute approximate surface area is 62.4 Å². The van der Waals surface area contributed by atoms with Gasteiger partial charge < -0.3 is 5.11 Å². The molecule has 0 heterocycles. The van der Waals surface area contributed by atoms with Crippen LogP contribution >= 0.6 is 0 Å². The molecule has 0 aliphatic heterocycles. The second-order valence-electron chi connectivity index (χ2n) is 3.94. The van der Waals surface area contributed by atoms with E-state index in [1.807, 2.05) is 0 Å². The van der Waals surface area contributed by atoms with E-state index in [1.54, 1.807) is 0 Å². The Kier molecular flexibility index (Phi) is 1.69. The third-order valence-electron chi connectivity index (χ3n) is 3.24. The molecule has 0 spiro atoms. The number of hydrogen-bond acceptors (Lipinski definition) is 1. The highest BCUT2D eigenvalue weighted by molar-refractivity contribution is 4.83. The van der Waals surface area contributed by atoms with E-state index in [4.69, 9.17) is 0 Å². The normalized spacial score (nSPS) is 47.1. The second-order valence-corrected chi connectivity index (χ2v) is 3.94. The van der Waals surface area contributed by atoms with E-state index < -0.39 is 0 Å². The van der Waals surface area contributed by atoms with Gasteiger partial charge in [-0.25, -0.2) is 0 Å². The number of rotatable bonds is 0. The molecule has 0 radical (unpaired) electrons. The summed E-state index contributed by atoms with van der Waals surface area (Å²) in [5.41, 5.74) is 0. The first kappa shape index (κ1) is 6.66. The molecule has 0 saturated heterocycles. The van der Waals surface area contributed by atoms with Gasteiger partial charge in [-0.05, 0) is 37.5 Å². The molecular weight excluding hydrogens is 124 g/mol. The highest BCUT2D eigenvalue weighted by Crippen LogP contribution is 2.39. The van der Waals surface area contributed by atoms with Crippen molar-refractivity contribution in [3.63, 3.8) is 0 Å². The summed E-state index contributed by atoms with van der Waals surface area (Å²) in [6.45, 7) is 0. The molecule has 0 unspecified atom stereocenters. The van der Waals surface area contributed by atoms with Crippen molar-refractivity contribution in [1.82, 2.24) is 0 Å². The SMILES string of the molecule is O[C@@H]1CC[C@H]2CCC[C@@H]1C2. The molecule has 2 fully saturated rings. The summed E-state index contributed by atoms with van der Waals surface area (Å²) in [6.07, 6.45) is 7.83. The van der Waals surface area contributed by atoms with Crippen LogP contribution in [0.3, 0.4) is 0 Å². The van der Waals surface area contributed by atoms with Gasteiger partial charge in [0.25, 0.3) is 0 Å². The lowest BCUT2D eigenvalue weighted by Crippen LogP contribution is -2.32. The Balaban J connectivity index is 2.00. The van der Waals surface area contributed by atoms with Crippen LogP contribution in [-0.2, 0) is 0 Å². The summed E-state index contributed by atoms with van der Waals surface area (Å²) in [7, 11) is 0. The van der Waals surface area contributed by atoms with Crippen LogP contribution in [0.25, 0.3) is 0 Å². The number of hydrogen-bond donors (Lipinski definition) is 1. The maximum Gasteiger partial charge on any atom is 0.0568 e. The van der Waals surface area contributed by atoms with Crippen LogP contribution in [0.2, 0.25) is 0 Å². The number of aliphatic hydroxyl groups excluding tert-OH is 1. The minimum atomic E-state index is 0.0524. The van der Waals surface area contributed by atoms with Gasteiger partial charge in [-0.3, -0.25) is 0 Å². The second kappa shape index (κ2) is 2.54. The maximum absolute atomic E-state index is 9.52. The van der Waals surface area contributed by atoms with Gasteiger partial charge in [-0.2, -0.15) is 0 Å². The highest BCUT2D eigenvalue weighted by atomic mass is 16.3. The smallest absolute Gasteiger partial charge is 0.0568 e. The Morgan fingerprint density at radius 2 is 1.90 bits per heavy atom. The molecule has 3 atom stereocenters. The first-order valence-corrected chi connectivity index (χ1v) is 4.54. The fraction of sp³-hybridized carbons (Fsp3) is 1.00. The van der Waals surface area contributed by atoms with E-state index in [1.165, 1.54) is 32.1 Å². The molecule has 2 bridgehead atoms. The minimum Gasteiger partial charge on any atom is -0.393 e. The van der Waals surface area contributed by atoms with Crippen molar-refractivity contribution in [3.05, 3.63) is 0 Å². The Bertz CT molecular complexity index is 120. The number of aliphatic hydroxyl groups is 1. The Hall–Kier alpha value is -0.0400. The van der Waals surface area contributed by atoms with Gasteiger partial charge >= 0.3 is 0 Å². The lowest BCUT2D eigenvalue weighted by Gasteiger charge is -2.37. The Morgan fingerprint density at radius 1 is 1.00 bits per heavy atom. The van der Waals surface area contributed by atoms with Crippen molar-refractivity contribution in [2.45, 2.75) is 44.6 Å². The molecule has 0 aromatic heterocycles. The largest absolute Gasteiger partial charge is 0.393 e. The summed E-state index contributed by atoms with van der Waals surface area (Å²) in [5, 5.41) is 9.52. The summed E-state index contributed by atoms with van der Waals surface area (Å²) in [5.74, 6) is 1.65. The predicted molar refractivity (Wildman–Crippen MR) is 40.7 cm³/mol. The fourth-order valence-corrected chi connectivity index (χ4v) is 2.59. The Morgan fingerprint density at radius 3 is 2.70 bits per heavy atom. The minimum absolute atomic E-state index is 0.0524. The van der Waals surface area contributed by atoms with Gasteiger partial charge in [0.1, 0.15) is 0 Å². The topological polar surface area (TPSA) is 20.2 Å². The van der Waals surface area contributed by atoms with Crippen molar-refractivity contribution in [3.8, 4) is 0 Å². The molecule has 2 saturated carbocycles. The van der Waals surface area contributed by atoms with Crippen molar-refractivity contribution in [2.75, 3.05) is 0 Å². The molecule has 2 aliphatic rings. The van der Waals surface area contributed by atoms with Crippen LogP contribution in [-0.4, -0.2) is 11.2 Å². The van der Waals surface area contributed by atoms with Gasteiger partial charge in [0, 0.05) is 0 Å². The van der Waals surface area contributed by atoms with Crippen molar-refractivity contribution >= 4 is 0 Å². The van der Waals surface area contributed by atoms with E-state index in [0.717, 1.165) is 12.3 Å². The molecule has 2 rings (SSSR count). The number of fused-ring (bicyclic) bond motifs is 2. The lowest BCUT2D eigenvalue weighted by molar-refractivity contribution is 0.0224. The summed E-state index contributed by atoms with van der Waals surface area (Å²) < 4.78 is 0. The van der Waals surface area contributed by atoms with Crippen LogP contribution < -0.4 is 0 Å². The van der Waals surface area contributed by atoms with Crippen molar-refractivity contribution < 1.29 is 5.11 Å². The van der Waals surface area contributed by atoms with Crippen LogP contribution in [0.5, 0.6) is 0 Å². The first-order valence-electron chi connectivity index (χ1n) is 4.54. The molecule has 2 aliphatic carbocycles. The third kappa shape index (κ3) is 1.07. The molecule has 10 heavy (non-hydrogen) atoms. The molecule has 1 heteroatoms. The zero-order valence-corrected chi connectivity index (χ0v) is 6.42. The van der Waals surface area contributed by atoms with E-state index in [-0.39, 0.29) is 6.10 Å². The van der Waals surface area contributed by atoms with Gasteiger partial charge in [0.15, 0.2) is 0 Å². The van der Waals surface area contributed by atoms with E-state index in [9.17, 15) is 5.11 Å². The average molecular weight is 140 g/mol. The molecule has 1 N–H and O–H groups in total. The van der Waals surface area contributed by atoms with Crippen LogP contribution in [0.15, 0.2) is 0 Å². The summed E-state index contributed by atoms with van der Waals surface area (Å²) >= 11 is 0. The zero-order valence-electron chi connectivity index (χ0n) is 6.42. The van der Waals surface area contributed by atoms with Gasteiger partial charge in [-0.1, -0.05) is 12.8 Å². The lowest BCUT2D eigenvalue weighted by atomic mass is 9.71. The summed E-state index contributed by atoms with van der Waals surface area (Å²) in [6, 6.07) is 0. The van der Waals surface area contributed by atoms with Crippen LogP contribution in [0.1, 0.15) is 38.5 Å². The molecule has 0 aromatic rings. The predicted octanol–water partition coefficient (Wildman–Crippen LogP) is 1.95. The first-order chi connectivity index (χ1) is 4.86. The van der Waals surface area contributed by atoms with Crippen molar-refractivity contribution in [1.29, 1.82) is 0 Å². The molecule has 1 nitrogen and oxygen atoms in total. The van der Waals surface area contributed by atoms with Crippen LogP contribution in [0.4, 0.5) is 0 Å². The third-order valence-corrected chi connectivity index (χ3v) is 3.24. The average Bonchev–Trinajstić information content (AvgIpc) is 1.99. The quantitative estimate of drug-likeness (QED) is 0.545. The summed E-state index contributed by atoms with van der Waals surface area (Å²) in [4.78, 5) is 0. The molecule has 0 aromatic carbocycles. The van der Waals surface area contributed by atoms with E-state index in [0.29, 0.717) is 5.92 Å². The molecule has 58 valence electrons. The van der Waals surface area contributed by atoms with Gasteiger partial charge in [-0.15, -0.1) is 0 Å². The standard InChI is InChI=1S/C9H16O/c10-9-5-4-7-2-1-3-8(9)6-7/h7-10H,1-6H2/t7-,8-,9-/m1/s1. The van der Waals surface area contributed by atoms with Crippen molar-refractivity contribution in [2.24, 2.45) is 11.8 Å². The van der Waals surface area contributed by atoms with Crippen LogP contribution in [0, 0.1) is 11.8 Å². The maximum atomic E-state index is 9.52.